The van der Waals surface area contributed by atoms with Crippen LogP contribution in [0.15, 0.2) is 60.7 Å². The number of hydrogen-bond donors (Lipinski definition) is 0. The van der Waals surface area contributed by atoms with E-state index in [4.69, 9.17) is 49.0 Å². The average Bonchev–Trinajstić information content (AvgIpc) is 2.75. The largest absolute Gasteiger partial charge is 0.467 e. The molecule has 0 bridgehead atoms. The molecule has 0 aliphatic heterocycles. The van der Waals surface area contributed by atoms with Crippen LogP contribution in [0.25, 0.3) is 0 Å². The summed E-state index contributed by atoms with van der Waals surface area (Å²) >= 11 is 18.0. The van der Waals surface area contributed by atoms with Gasteiger partial charge in [-0.2, -0.15) is 0 Å². The van der Waals surface area contributed by atoms with Crippen LogP contribution in [0.1, 0.15) is 17.2 Å². The lowest BCUT2D eigenvalue weighted by Crippen LogP contribution is -2.45. The van der Waals surface area contributed by atoms with E-state index in [2.05, 4.69) is 0 Å². The first-order chi connectivity index (χ1) is 15.4. The van der Waals surface area contributed by atoms with Crippen LogP contribution in [0, 0.1) is 0 Å². The molecule has 2 aromatic carbocycles. The zero-order valence-electron chi connectivity index (χ0n) is 18.4. The zero-order chi connectivity index (χ0) is 24.6. The molecular weight excluding hydrogens is 507 g/mol. The Morgan fingerprint density at radius 3 is 1.76 bits per heavy atom. The highest BCUT2D eigenvalue weighted by molar-refractivity contribution is 6.80. The maximum atomic E-state index is 13.1. The molecule has 2 atom stereocenters. The molecule has 0 radical (unpaired) electrons. The number of benzene rings is 2. The van der Waals surface area contributed by atoms with Crippen molar-refractivity contribution in [1.29, 1.82) is 0 Å². The van der Waals surface area contributed by atoms with Crippen molar-refractivity contribution in [3.05, 3.63) is 71.8 Å². The van der Waals surface area contributed by atoms with Crippen molar-refractivity contribution in [2.24, 2.45) is 0 Å². The van der Waals surface area contributed by atoms with Crippen LogP contribution in [0.3, 0.4) is 0 Å². The standard InChI is InChI=1S/C23H25Cl3O6Si/c1-33(2,3)18(14-30-15-27)21(28)32-20(23(24,25)26)22(29)31-19(16-10-6-4-7-11-16)17-12-8-5-9-13-17/h4-13,15,18-20H,14H2,1-3H3. The highest BCUT2D eigenvalue weighted by Gasteiger charge is 2.46. The first kappa shape index (κ1) is 27.2. The molecule has 0 heterocycles. The van der Waals surface area contributed by atoms with Crippen LogP contribution in [-0.4, -0.2) is 43.0 Å². The van der Waals surface area contributed by atoms with Gasteiger partial charge in [0.25, 0.3) is 6.47 Å². The second kappa shape index (κ2) is 11.9. The van der Waals surface area contributed by atoms with Crippen LogP contribution in [0.5, 0.6) is 0 Å². The number of hydrogen-bond acceptors (Lipinski definition) is 6. The molecule has 33 heavy (non-hydrogen) atoms. The van der Waals surface area contributed by atoms with Crippen molar-refractivity contribution in [3.63, 3.8) is 0 Å². The van der Waals surface area contributed by atoms with Crippen LogP contribution in [0.4, 0.5) is 0 Å². The third kappa shape index (κ3) is 8.03. The molecule has 0 saturated carbocycles. The number of ether oxygens (including phenoxy) is 3. The molecule has 0 aliphatic carbocycles. The maximum Gasteiger partial charge on any atom is 0.353 e. The van der Waals surface area contributed by atoms with Crippen molar-refractivity contribution in [2.75, 3.05) is 6.61 Å². The normalized spacial score (nSPS) is 13.7. The molecule has 2 aromatic rings. The number of alkyl halides is 3. The molecule has 0 aromatic heterocycles. The maximum absolute atomic E-state index is 13.1. The Morgan fingerprint density at radius 1 is 0.879 bits per heavy atom. The van der Waals surface area contributed by atoms with Gasteiger partial charge < -0.3 is 14.2 Å². The van der Waals surface area contributed by atoms with Crippen LogP contribution >= 0.6 is 34.8 Å². The van der Waals surface area contributed by atoms with E-state index in [0.29, 0.717) is 11.1 Å². The van der Waals surface area contributed by atoms with E-state index >= 15 is 0 Å². The number of esters is 2. The molecule has 6 nitrogen and oxygen atoms in total. The van der Waals surface area contributed by atoms with Gasteiger partial charge in [0.05, 0.1) is 13.6 Å². The highest BCUT2D eigenvalue weighted by atomic mass is 35.6. The van der Waals surface area contributed by atoms with Gasteiger partial charge in [-0.05, 0) is 11.1 Å². The molecule has 0 N–H and O–H groups in total. The van der Waals surface area contributed by atoms with Crippen molar-refractivity contribution in [2.45, 2.75) is 41.2 Å². The third-order valence-corrected chi connectivity index (χ3v) is 7.93. The van der Waals surface area contributed by atoms with Crippen LogP contribution in [-0.2, 0) is 28.6 Å². The summed E-state index contributed by atoms with van der Waals surface area (Å²) in [5, 5.41) is 0. The summed E-state index contributed by atoms with van der Waals surface area (Å²) in [4.78, 5) is 36.7. The fourth-order valence-electron chi connectivity index (χ4n) is 3.02. The van der Waals surface area contributed by atoms with Gasteiger partial charge in [0.2, 0.25) is 9.90 Å². The van der Waals surface area contributed by atoms with Crippen molar-refractivity contribution >= 4 is 61.3 Å². The number of carbonyl (C=O) groups is 3. The highest BCUT2D eigenvalue weighted by Crippen LogP contribution is 2.37. The summed E-state index contributed by atoms with van der Waals surface area (Å²) < 4.78 is 13.6. The lowest BCUT2D eigenvalue weighted by atomic mass is 10.0. The van der Waals surface area contributed by atoms with Gasteiger partial charge in [0.1, 0.15) is 6.61 Å². The molecule has 2 rings (SSSR count). The summed E-state index contributed by atoms with van der Waals surface area (Å²) in [6, 6.07) is 18.0. The number of rotatable bonds is 10. The topological polar surface area (TPSA) is 78.9 Å². The zero-order valence-corrected chi connectivity index (χ0v) is 21.6. The third-order valence-electron chi connectivity index (χ3n) is 4.84. The van der Waals surface area contributed by atoms with Crippen LogP contribution in [0.2, 0.25) is 25.2 Å². The van der Waals surface area contributed by atoms with E-state index in [-0.39, 0.29) is 13.1 Å². The van der Waals surface area contributed by atoms with E-state index < -0.39 is 41.6 Å². The number of halogens is 3. The second-order valence-corrected chi connectivity index (χ2v) is 16.1. The predicted octanol–water partition coefficient (Wildman–Crippen LogP) is 5.48. The minimum absolute atomic E-state index is 0.198. The first-order valence-electron chi connectivity index (χ1n) is 10.1. The van der Waals surface area contributed by atoms with Crippen molar-refractivity contribution in [3.8, 4) is 0 Å². The molecule has 0 aliphatic rings. The lowest BCUT2D eigenvalue weighted by Gasteiger charge is -2.30. The van der Waals surface area contributed by atoms with Crippen molar-refractivity contribution in [1.82, 2.24) is 0 Å². The number of carbonyl (C=O) groups excluding carboxylic acids is 3. The molecule has 0 saturated heterocycles. The quantitative estimate of drug-likeness (QED) is 0.133. The van der Waals surface area contributed by atoms with Gasteiger partial charge in [-0.1, -0.05) is 115 Å². The summed E-state index contributed by atoms with van der Waals surface area (Å²) in [5.41, 5.74) is 0.598. The first-order valence-corrected chi connectivity index (χ1v) is 14.8. The summed E-state index contributed by atoms with van der Waals surface area (Å²) in [5.74, 6) is -1.83. The summed E-state index contributed by atoms with van der Waals surface area (Å²) in [6.45, 7) is 5.70. The fourth-order valence-corrected chi connectivity index (χ4v) is 4.79. The smallest absolute Gasteiger partial charge is 0.353 e. The molecule has 0 amide bonds. The Labute approximate surface area is 209 Å². The summed E-state index contributed by atoms with van der Waals surface area (Å²) in [7, 11) is -2.22. The van der Waals surface area contributed by atoms with E-state index in [1.807, 2.05) is 31.8 Å². The molecule has 0 spiro atoms. The fraction of sp³-hybridized carbons (Fsp3) is 0.348. The van der Waals surface area contributed by atoms with E-state index in [1.165, 1.54) is 0 Å². The Bertz CT molecular complexity index is 889. The van der Waals surface area contributed by atoms with Gasteiger partial charge in [-0.25, -0.2) is 4.79 Å². The lowest BCUT2D eigenvalue weighted by molar-refractivity contribution is -0.171. The van der Waals surface area contributed by atoms with E-state index in [9.17, 15) is 14.4 Å². The SMILES string of the molecule is C[Si](C)(C)C(COC=O)C(=O)OC(C(=O)OC(c1ccccc1)c1ccccc1)C(Cl)(Cl)Cl. The molecule has 178 valence electrons. The Kier molecular flexibility index (Phi) is 9.79. The van der Waals surface area contributed by atoms with Gasteiger partial charge in [-0.15, -0.1) is 0 Å². The second-order valence-electron chi connectivity index (χ2n) is 8.35. The van der Waals surface area contributed by atoms with Gasteiger partial charge in [0.15, 0.2) is 6.10 Å². The van der Waals surface area contributed by atoms with Crippen LogP contribution < -0.4 is 0 Å². The minimum atomic E-state index is -2.29. The van der Waals surface area contributed by atoms with Gasteiger partial charge in [-0.3, -0.25) is 9.59 Å². The summed E-state index contributed by atoms with van der Waals surface area (Å²) in [6.07, 6.45) is -2.65. The Balaban J connectivity index is 2.32. The van der Waals surface area contributed by atoms with E-state index in [1.54, 1.807) is 48.5 Å². The van der Waals surface area contributed by atoms with E-state index in [0.717, 1.165) is 0 Å². The predicted molar refractivity (Wildman–Crippen MR) is 130 cm³/mol. The Hall–Kier alpha value is -2.06. The van der Waals surface area contributed by atoms with Crippen molar-refractivity contribution < 1.29 is 28.6 Å². The molecule has 0 fully saturated rings. The minimum Gasteiger partial charge on any atom is -0.467 e. The van der Waals surface area contributed by atoms with Gasteiger partial charge >= 0.3 is 11.9 Å². The molecule has 10 heteroatoms. The molecular formula is C23H25Cl3O6Si. The Morgan fingerprint density at radius 2 is 1.36 bits per heavy atom. The average molecular weight is 532 g/mol. The monoisotopic (exact) mass is 530 g/mol. The molecule has 2 unspecified atom stereocenters. The van der Waals surface area contributed by atoms with Gasteiger partial charge in [0, 0.05) is 0 Å².